The van der Waals surface area contributed by atoms with Crippen LogP contribution < -0.4 is 5.32 Å². The summed E-state index contributed by atoms with van der Waals surface area (Å²) in [4.78, 5) is 36.7. The van der Waals surface area contributed by atoms with E-state index < -0.39 is 11.9 Å². The van der Waals surface area contributed by atoms with Gasteiger partial charge in [-0.25, -0.2) is 9.48 Å². The molecule has 3 aromatic rings. The van der Waals surface area contributed by atoms with Crippen molar-refractivity contribution in [2.45, 2.75) is 32.5 Å². The zero-order chi connectivity index (χ0) is 21.7. The second kappa shape index (κ2) is 9.39. The summed E-state index contributed by atoms with van der Waals surface area (Å²) in [6, 6.07) is 3.54. The van der Waals surface area contributed by atoms with Crippen LogP contribution in [0.3, 0.4) is 0 Å². The normalized spacial score (nSPS) is 10.8. The lowest BCUT2D eigenvalue weighted by atomic mass is 10.1. The Kier molecular flexibility index (Phi) is 6.67. The number of thioether (sulfide) groups is 1. The number of amides is 1. The van der Waals surface area contributed by atoms with Crippen LogP contribution >= 0.6 is 11.8 Å². The Morgan fingerprint density at radius 1 is 1.30 bits per heavy atom. The van der Waals surface area contributed by atoms with Crippen LogP contribution in [0.2, 0.25) is 0 Å². The standard InChI is InChI=1S/C18H19N5O6S/c1-4-27-17(26)15-14(10(2)24)11(3)29-16(15)19-13(25)9-30-18-20-21-22-23(18)8-12-6-5-7-28-12/h5-7H,4,8-9H2,1-3H3,(H,19,25). The van der Waals surface area contributed by atoms with Gasteiger partial charge in [-0.1, -0.05) is 11.8 Å². The Bertz CT molecular complexity index is 1060. The summed E-state index contributed by atoms with van der Waals surface area (Å²) in [7, 11) is 0. The average molecular weight is 433 g/mol. The smallest absolute Gasteiger partial charge is 0.344 e. The first kappa shape index (κ1) is 21.3. The molecule has 0 aromatic carbocycles. The molecule has 0 spiro atoms. The summed E-state index contributed by atoms with van der Waals surface area (Å²) in [5.74, 6) is -0.892. The van der Waals surface area contributed by atoms with Crippen molar-refractivity contribution in [3.05, 3.63) is 41.0 Å². The minimum Gasteiger partial charge on any atom is -0.467 e. The molecule has 0 aliphatic rings. The third-order valence-corrected chi connectivity index (χ3v) is 4.84. The molecule has 0 bridgehead atoms. The zero-order valence-electron chi connectivity index (χ0n) is 16.5. The van der Waals surface area contributed by atoms with Gasteiger partial charge in [0, 0.05) is 0 Å². The quantitative estimate of drug-likeness (QED) is 0.303. The lowest BCUT2D eigenvalue weighted by molar-refractivity contribution is -0.113. The topological polar surface area (TPSA) is 142 Å². The zero-order valence-corrected chi connectivity index (χ0v) is 17.3. The van der Waals surface area contributed by atoms with E-state index in [9.17, 15) is 14.4 Å². The van der Waals surface area contributed by atoms with Gasteiger partial charge in [0.2, 0.25) is 16.9 Å². The van der Waals surface area contributed by atoms with E-state index in [1.807, 2.05) is 0 Å². The highest BCUT2D eigenvalue weighted by atomic mass is 32.2. The van der Waals surface area contributed by atoms with Gasteiger partial charge in [0.15, 0.2) is 5.78 Å². The molecule has 0 saturated heterocycles. The molecule has 1 N–H and O–H groups in total. The maximum Gasteiger partial charge on any atom is 0.344 e. The predicted octanol–water partition coefficient (Wildman–Crippen LogP) is 2.33. The van der Waals surface area contributed by atoms with Gasteiger partial charge in [-0.2, -0.15) is 0 Å². The number of nitrogens with one attached hydrogen (secondary N) is 1. The molecule has 158 valence electrons. The van der Waals surface area contributed by atoms with Crippen LogP contribution in [0.4, 0.5) is 5.88 Å². The van der Waals surface area contributed by atoms with E-state index in [-0.39, 0.29) is 40.9 Å². The third-order valence-electron chi connectivity index (χ3n) is 3.89. The number of carbonyl (C=O) groups is 3. The summed E-state index contributed by atoms with van der Waals surface area (Å²) < 4.78 is 17.2. The van der Waals surface area contributed by atoms with Crippen LogP contribution in [0.5, 0.6) is 0 Å². The lowest BCUT2D eigenvalue weighted by Gasteiger charge is -2.06. The van der Waals surface area contributed by atoms with Crippen LogP contribution in [-0.2, 0) is 16.1 Å². The fourth-order valence-electron chi connectivity index (χ4n) is 2.70. The number of hydrogen-bond donors (Lipinski definition) is 1. The van der Waals surface area contributed by atoms with E-state index in [4.69, 9.17) is 13.6 Å². The summed E-state index contributed by atoms with van der Waals surface area (Å²) in [6.07, 6.45) is 1.54. The maximum atomic E-state index is 12.4. The van der Waals surface area contributed by atoms with Crippen molar-refractivity contribution in [3.63, 3.8) is 0 Å². The molecular formula is C18H19N5O6S. The average Bonchev–Trinajstić information content (AvgIpc) is 3.41. The number of aromatic nitrogens is 4. The summed E-state index contributed by atoms with van der Waals surface area (Å²) >= 11 is 1.09. The largest absolute Gasteiger partial charge is 0.467 e. The van der Waals surface area contributed by atoms with Gasteiger partial charge in [0.1, 0.15) is 23.6 Å². The Morgan fingerprint density at radius 3 is 2.77 bits per heavy atom. The van der Waals surface area contributed by atoms with Crippen LogP contribution in [0.15, 0.2) is 32.4 Å². The van der Waals surface area contributed by atoms with Crippen molar-refractivity contribution < 1.29 is 28.0 Å². The SMILES string of the molecule is CCOC(=O)c1c(NC(=O)CSc2nnnn2Cc2ccco2)oc(C)c1C(C)=O. The van der Waals surface area contributed by atoms with Gasteiger partial charge in [-0.15, -0.1) is 5.10 Å². The number of carbonyl (C=O) groups excluding carboxylic acids is 3. The molecule has 0 fully saturated rings. The molecule has 1 amide bonds. The molecule has 3 heterocycles. The molecule has 3 aromatic heterocycles. The molecule has 0 atom stereocenters. The Hall–Kier alpha value is -3.41. The van der Waals surface area contributed by atoms with Gasteiger partial charge in [0.05, 0.1) is 24.2 Å². The highest BCUT2D eigenvalue weighted by Crippen LogP contribution is 2.29. The second-order valence-electron chi connectivity index (χ2n) is 6.05. The monoisotopic (exact) mass is 433 g/mol. The Labute approximate surface area is 175 Å². The first-order valence-corrected chi connectivity index (χ1v) is 9.91. The number of furan rings is 2. The van der Waals surface area contributed by atoms with Gasteiger partial charge < -0.3 is 13.6 Å². The minimum atomic E-state index is -0.745. The van der Waals surface area contributed by atoms with Gasteiger partial charge >= 0.3 is 5.97 Å². The number of aryl methyl sites for hydroxylation is 1. The molecule has 11 nitrogen and oxygen atoms in total. The predicted molar refractivity (Wildman–Crippen MR) is 104 cm³/mol. The van der Waals surface area contributed by atoms with Crippen LogP contribution in [0, 0.1) is 6.92 Å². The number of rotatable bonds is 9. The van der Waals surface area contributed by atoms with E-state index in [0.717, 1.165) is 11.8 Å². The second-order valence-corrected chi connectivity index (χ2v) is 6.99. The number of hydrogen-bond acceptors (Lipinski definition) is 10. The van der Waals surface area contributed by atoms with Crippen LogP contribution in [0.25, 0.3) is 0 Å². The maximum absolute atomic E-state index is 12.4. The van der Waals surface area contributed by atoms with E-state index in [2.05, 4.69) is 20.8 Å². The van der Waals surface area contributed by atoms with Crippen molar-refractivity contribution in [1.82, 2.24) is 20.2 Å². The number of nitrogens with zero attached hydrogens (tertiary/aromatic N) is 4. The molecule has 0 aliphatic heterocycles. The van der Waals surface area contributed by atoms with Crippen LogP contribution in [0.1, 0.15) is 46.1 Å². The van der Waals surface area contributed by atoms with E-state index in [1.165, 1.54) is 18.5 Å². The Morgan fingerprint density at radius 2 is 2.10 bits per heavy atom. The highest BCUT2D eigenvalue weighted by molar-refractivity contribution is 7.99. The number of Topliss-reactive ketones (excluding diaryl/α,β-unsaturated/α-hetero) is 1. The van der Waals surface area contributed by atoms with Crippen molar-refractivity contribution in [3.8, 4) is 0 Å². The highest BCUT2D eigenvalue weighted by Gasteiger charge is 2.28. The summed E-state index contributed by atoms with van der Waals surface area (Å²) in [6.45, 7) is 4.91. The fourth-order valence-corrected chi connectivity index (χ4v) is 3.37. The number of esters is 1. The molecule has 0 radical (unpaired) electrons. The van der Waals surface area contributed by atoms with Crippen molar-refractivity contribution in [2.75, 3.05) is 17.7 Å². The number of tetrazole rings is 1. The van der Waals surface area contributed by atoms with Crippen molar-refractivity contribution in [1.29, 1.82) is 0 Å². The molecule has 12 heteroatoms. The van der Waals surface area contributed by atoms with E-state index in [1.54, 1.807) is 25.3 Å². The molecule has 3 rings (SSSR count). The van der Waals surface area contributed by atoms with Crippen molar-refractivity contribution >= 4 is 35.3 Å². The molecule has 30 heavy (non-hydrogen) atoms. The summed E-state index contributed by atoms with van der Waals surface area (Å²) in [5.41, 5.74) is -0.0124. The third kappa shape index (κ3) is 4.76. The fraction of sp³-hybridized carbons (Fsp3) is 0.333. The van der Waals surface area contributed by atoms with E-state index >= 15 is 0 Å². The summed E-state index contributed by atoms with van der Waals surface area (Å²) in [5, 5.41) is 14.3. The molecule has 0 saturated carbocycles. The molecule has 0 unspecified atom stereocenters. The first-order valence-electron chi connectivity index (χ1n) is 8.93. The first-order chi connectivity index (χ1) is 14.4. The van der Waals surface area contributed by atoms with Gasteiger partial charge in [0.25, 0.3) is 0 Å². The molecule has 0 aliphatic carbocycles. The number of ketones is 1. The lowest BCUT2D eigenvalue weighted by Crippen LogP contribution is -2.18. The molecular weight excluding hydrogens is 414 g/mol. The van der Waals surface area contributed by atoms with Gasteiger partial charge in [-0.05, 0) is 43.3 Å². The van der Waals surface area contributed by atoms with Crippen molar-refractivity contribution in [2.24, 2.45) is 0 Å². The number of anilines is 1. The Balaban J connectivity index is 1.70. The van der Waals surface area contributed by atoms with E-state index in [0.29, 0.717) is 17.5 Å². The minimum absolute atomic E-state index is 0.0596. The van der Waals surface area contributed by atoms with Crippen LogP contribution in [-0.4, -0.2) is 50.2 Å². The van der Waals surface area contributed by atoms with Gasteiger partial charge in [-0.3, -0.25) is 14.9 Å². The number of ether oxygens (including phenoxy) is 1.